The fourth-order valence-corrected chi connectivity index (χ4v) is 3.14. The van der Waals surface area contributed by atoms with E-state index in [1.54, 1.807) is 0 Å². The molecular formula is C15H28N4O. The number of hydrogen-bond acceptors (Lipinski definition) is 4. The van der Waals surface area contributed by atoms with Gasteiger partial charge >= 0.3 is 0 Å². The number of hydrogen-bond donors (Lipinski definition) is 1. The first kappa shape index (κ1) is 15.5. The van der Waals surface area contributed by atoms with Crippen molar-refractivity contribution in [2.24, 2.45) is 18.7 Å². The fourth-order valence-electron chi connectivity index (χ4n) is 3.14. The molecule has 0 bridgehead atoms. The number of likely N-dealkylation sites (N-methyl/N-ethyl adjacent to an activating group) is 1. The van der Waals surface area contributed by atoms with Crippen molar-refractivity contribution in [3.8, 4) is 0 Å². The topological polar surface area (TPSA) is 56.3 Å². The van der Waals surface area contributed by atoms with Gasteiger partial charge < -0.3 is 10.5 Å². The quantitative estimate of drug-likeness (QED) is 0.854. The van der Waals surface area contributed by atoms with Crippen molar-refractivity contribution in [2.45, 2.75) is 32.2 Å². The Labute approximate surface area is 122 Å². The van der Waals surface area contributed by atoms with E-state index in [2.05, 4.69) is 30.2 Å². The maximum atomic E-state index is 6.03. The van der Waals surface area contributed by atoms with E-state index < -0.39 is 0 Å². The van der Waals surface area contributed by atoms with E-state index in [1.165, 1.54) is 18.4 Å². The normalized spacial score (nSPS) is 21.4. The lowest BCUT2D eigenvalue weighted by Gasteiger charge is -2.32. The molecule has 20 heavy (non-hydrogen) atoms. The molecule has 114 valence electrons. The summed E-state index contributed by atoms with van der Waals surface area (Å²) in [6, 6.07) is 0.251. The second-order valence-electron chi connectivity index (χ2n) is 5.83. The number of aryl methyl sites for hydroxylation is 2. The van der Waals surface area contributed by atoms with Gasteiger partial charge in [0, 0.05) is 38.5 Å². The molecular weight excluding hydrogens is 252 g/mol. The van der Waals surface area contributed by atoms with E-state index >= 15 is 0 Å². The summed E-state index contributed by atoms with van der Waals surface area (Å²) in [4.78, 5) is 2.37. The average molecular weight is 280 g/mol. The highest BCUT2D eigenvalue weighted by Gasteiger charge is 2.24. The van der Waals surface area contributed by atoms with Crippen LogP contribution in [0.15, 0.2) is 6.20 Å². The molecule has 2 N–H and O–H groups in total. The zero-order valence-corrected chi connectivity index (χ0v) is 13.0. The molecule has 1 aliphatic heterocycles. The predicted octanol–water partition coefficient (Wildman–Crippen LogP) is 1.34. The van der Waals surface area contributed by atoms with Gasteiger partial charge in [-0.1, -0.05) is 6.92 Å². The summed E-state index contributed by atoms with van der Waals surface area (Å²) in [5, 5.41) is 4.54. The minimum absolute atomic E-state index is 0.251. The van der Waals surface area contributed by atoms with Gasteiger partial charge in [-0.3, -0.25) is 9.58 Å². The smallest absolute Gasteiger partial charge is 0.0670 e. The van der Waals surface area contributed by atoms with Crippen LogP contribution >= 0.6 is 0 Å². The second-order valence-corrected chi connectivity index (χ2v) is 5.83. The van der Waals surface area contributed by atoms with Gasteiger partial charge in [0.15, 0.2) is 0 Å². The molecule has 1 saturated heterocycles. The zero-order chi connectivity index (χ0) is 14.5. The monoisotopic (exact) mass is 280 g/mol. The van der Waals surface area contributed by atoms with Crippen LogP contribution in [0.5, 0.6) is 0 Å². The molecule has 0 spiro atoms. The Bertz CT molecular complexity index is 412. The number of nitrogens with zero attached hydrogens (tertiary/aromatic N) is 3. The lowest BCUT2D eigenvalue weighted by atomic mass is 9.99. The molecule has 1 aromatic heterocycles. The van der Waals surface area contributed by atoms with E-state index in [1.807, 2.05) is 11.7 Å². The molecule has 2 heterocycles. The zero-order valence-electron chi connectivity index (χ0n) is 13.0. The van der Waals surface area contributed by atoms with Gasteiger partial charge in [0.25, 0.3) is 0 Å². The first-order valence-corrected chi connectivity index (χ1v) is 7.66. The Hall–Kier alpha value is -0.910. The van der Waals surface area contributed by atoms with Gasteiger partial charge in [-0.05, 0) is 32.2 Å². The number of rotatable bonds is 6. The van der Waals surface area contributed by atoms with Crippen LogP contribution in [-0.2, 0) is 18.2 Å². The number of aromatic nitrogens is 2. The van der Waals surface area contributed by atoms with Crippen molar-refractivity contribution in [1.29, 1.82) is 0 Å². The van der Waals surface area contributed by atoms with Crippen LogP contribution in [0.1, 0.15) is 37.1 Å². The predicted molar refractivity (Wildman–Crippen MR) is 80.6 cm³/mol. The van der Waals surface area contributed by atoms with Gasteiger partial charge in [-0.25, -0.2) is 0 Å². The molecule has 1 aliphatic rings. The molecule has 2 unspecified atom stereocenters. The van der Waals surface area contributed by atoms with Crippen LogP contribution in [0.25, 0.3) is 0 Å². The van der Waals surface area contributed by atoms with Crippen LogP contribution in [0.4, 0.5) is 0 Å². The molecule has 0 saturated carbocycles. The molecule has 1 fully saturated rings. The third-order valence-electron chi connectivity index (χ3n) is 4.19. The SMILES string of the molecule is CCc1nn(C)cc1C(CN)N(C)CC1CCCOC1. The van der Waals surface area contributed by atoms with E-state index in [0.717, 1.165) is 31.9 Å². The van der Waals surface area contributed by atoms with Crippen LogP contribution < -0.4 is 5.73 Å². The lowest BCUT2D eigenvalue weighted by molar-refractivity contribution is 0.0365. The Balaban J connectivity index is 2.05. The summed E-state index contributed by atoms with van der Waals surface area (Å²) < 4.78 is 7.47. The summed E-state index contributed by atoms with van der Waals surface area (Å²) >= 11 is 0. The van der Waals surface area contributed by atoms with Crippen molar-refractivity contribution < 1.29 is 4.74 Å². The van der Waals surface area contributed by atoms with E-state index in [9.17, 15) is 0 Å². The number of ether oxygens (including phenoxy) is 1. The van der Waals surface area contributed by atoms with Crippen LogP contribution in [0.3, 0.4) is 0 Å². The standard InChI is InChI=1S/C15H28N4O/c1-4-14-13(10-19(3)17-14)15(8-16)18(2)9-12-6-5-7-20-11-12/h10,12,15H,4-9,11,16H2,1-3H3. The Morgan fingerprint density at radius 2 is 2.40 bits per heavy atom. The summed E-state index contributed by atoms with van der Waals surface area (Å²) in [7, 11) is 4.14. The largest absolute Gasteiger partial charge is 0.381 e. The van der Waals surface area contributed by atoms with Crippen LogP contribution in [-0.4, -0.2) is 48.0 Å². The average Bonchev–Trinajstić information content (AvgIpc) is 2.81. The molecule has 2 atom stereocenters. The fraction of sp³-hybridized carbons (Fsp3) is 0.800. The molecule has 5 nitrogen and oxygen atoms in total. The lowest BCUT2D eigenvalue weighted by Crippen LogP contribution is -2.37. The highest BCUT2D eigenvalue weighted by molar-refractivity contribution is 5.22. The third-order valence-corrected chi connectivity index (χ3v) is 4.19. The van der Waals surface area contributed by atoms with E-state index in [4.69, 9.17) is 10.5 Å². The molecule has 0 aliphatic carbocycles. The Kier molecular flexibility index (Phi) is 5.57. The van der Waals surface area contributed by atoms with Gasteiger partial charge in [-0.2, -0.15) is 5.10 Å². The van der Waals surface area contributed by atoms with E-state index in [-0.39, 0.29) is 6.04 Å². The Morgan fingerprint density at radius 1 is 1.60 bits per heavy atom. The highest BCUT2D eigenvalue weighted by Crippen LogP contribution is 2.24. The molecule has 0 amide bonds. The maximum absolute atomic E-state index is 6.03. The third kappa shape index (κ3) is 3.59. The van der Waals surface area contributed by atoms with Gasteiger partial charge in [0.1, 0.15) is 0 Å². The second kappa shape index (κ2) is 7.20. The highest BCUT2D eigenvalue weighted by atomic mass is 16.5. The van der Waals surface area contributed by atoms with Gasteiger partial charge in [0.2, 0.25) is 0 Å². The summed E-state index contributed by atoms with van der Waals surface area (Å²) in [6.07, 6.45) is 5.51. The molecule has 0 aromatic carbocycles. The maximum Gasteiger partial charge on any atom is 0.0670 e. The summed E-state index contributed by atoms with van der Waals surface area (Å²) in [5.74, 6) is 0.629. The summed E-state index contributed by atoms with van der Waals surface area (Å²) in [5.41, 5.74) is 8.47. The van der Waals surface area contributed by atoms with Crippen molar-refractivity contribution >= 4 is 0 Å². The van der Waals surface area contributed by atoms with Crippen molar-refractivity contribution in [1.82, 2.24) is 14.7 Å². The minimum atomic E-state index is 0.251. The van der Waals surface area contributed by atoms with Crippen LogP contribution in [0.2, 0.25) is 0 Å². The van der Waals surface area contributed by atoms with Crippen LogP contribution in [0, 0.1) is 5.92 Å². The Morgan fingerprint density at radius 3 is 3.00 bits per heavy atom. The molecule has 1 aromatic rings. The first-order valence-electron chi connectivity index (χ1n) is 7.66. The number of nitrogens with two attached hydrogens (primary N) is 1. The van der Waals surface area contributed by atoms with Gasteiger partial charge in [-0.15, -0.1) is 0 Å². The van der Waals surface area contributed by atoms with E-state index in [0.29, 0.717) is 12.5 Å². The first-order chi connectivity index (χ1) is 9.65. The molecule has 0 radical (unpaired) electrons. The van der Waals surface area contributed by atoms with Crippen molar-refractivity contribution in [2.75, 3.05) is 33.4 Å². The molecule has 2 rings (SSSR count). The minimum Gasteiger partial charge on any atom is -0.381 e. The molecule has 5 heteroatoms. The van der Waals surface area contributed by atoms with Gasteiger partial charge in [0.05, 0.1) is 18.3 Å². The van der Waals surface area contributed by atoms with Crippen molar-refractivity contribution in [3.05, 3.63) is 17.5 Å². The summed E-state index contributed by atoms with van der Waals surface area (Å²) in [6.45, 7) is 5.62. The van der Waals surface area contributed by atoms with Crippen molar-refractivity contribution in [3.63, 3.8) is 0 Å².